The Morgan fingerprint density at radius 3 is 2.56 bits per heavy atom. The molecule has 0 atom stereocenters. The molecule has 0 unspecified atom stereocenters. The summed E-state index contributed by atoms with van der Waals surface area (Å²) < 4.78 is 6.55. The second-order valence-corrected chi connectivity index (χ2v) is 6.40. The number of rotatable bonds is 3. The molecule has 2 aromatic rings. The Kier molecular flexibility index (Phi) is 5.04. The number of ether oxygens (including phenoxy) is 1. The van der Waals surface area contributed by atoms with Gasteiger partial charge in [0.25, 0.3) is 5.91 Å². The number of hydrogen-bond donors (Lipinski definition) is 1. The topological polar surface area (TPSA) is 88.8 Å². The van der Waals surface area contributed by atoms with Gasteiger partial charge in [-0.1, -0.05) is 17.7 Å². The predicted octanol–water partition coefficient (Wildman–Crippen LogP) is 2.04. The van der Waals surface area contributed by atoms with Crippen LogP contribution in [0, 0.1) is 6.92 Å². The Morgan fingerprint density at radius 1 is 1.26 bits per heavy atom. The van der Waals surface area contributed by atoms with Crippen molar-refractivity contribution in [2.24, 2.45) is 5.10 Å². The molecule has 0 saturated heterocycles. The molecule has 0 bridgehead atoms. The van der Waals surface area contributed by atoms with Gasteiger partial charge in [0.05, 0.1) is 23.6 Å². The number of thiocarbonyl (C=S) groups is 1. The number of carbonyl (C=O) groups excluding carboxylic acids is 2. The number of aromatic nitrogens is 2. The highest BCUT2D eigenvalue weighted by atomic mass is 32.1. The highest BCUT2D eigenvalue weighted by Crippen LogP contribution is 2.23. The van der Waals surface area contributed by atoms with Crippen molar-refractivity contribution in [1.82, 2.24) is 20.1 Å². The van der Waals surface area contributed by atoms with E-state index in [1.165, 1.54) is 9.69 Å². The van der Waals surface area contributed by atoms with Crippen molar-refractivity contribution < 1.29 is 14.3 Å². The third kappa shape index (κ3) is 3.45. The number of fused-ring (bicyclic) bond motifs is 1. The molecule has 2 heterocycles. The Morgan fingerprint density at radius 2 is 1.93 bits per heavy atom. The SMILES string of the molecule is CCOC(=O)c1nn(-c2ccc(C)cc2)c2c1C(C)=NN(C)C(=S)NC2=O. The van der Waals surface area contributed by atoms with E-state index in [1.54, 1.807) is 20.9 Å². The number of carbonyl (C=O) groups is 2. The van der Waals surface area contributed by atoms with Crippen LogP contribution in [0.25, 0.3) is 5.69 Å². The first-order valence-electron chi connectivity index (χ1n) is 8.35. The average Bonchev–Trinajstić information content (AvgIpc) is 3.02. The van der Waals surface area contributed by atoms with E-state index in [0.29, 0.717) is 17.0 Å². The number of aryl methyl sites for hydroxylation is 1. The zero-order chi connectivity index (χ0) is 19.7. The van der Waals surface area contributed by atoms with Gasteiger partial charge in [0, 0.05) is 7.05 Å². The van der Waals surface area contributed by atoms with Gasteiger partial charge in [0.2, 0.25) is 0 Å². The number of hydrogen-bond acceptors (Lipinski definition) is 6. The van der Waals surface area contributed by atoms with Crippen molar-refractivity contribution in [1.29, 1.82) is 0 Å². The zero-order valence-electron chi connectivity index (χ0n) is 15.4. The van der Waals surface area contributed by atoms with Gasteiger partial charge in [-0.3, -0.25) is 10.1 Å². The number of nitrogens with zero attached hydrogens (tertiary/aromatic N) is 4. The molecule has 1 aliphatic heterocycles. The second kappa shape index (κ2) is 7.28. The normalized spacial score (nSPS) is 14.1. The summed E-state index contributed by atoms with van der Waals surface area (Å²) in [6.07, 6.45) is 0. The molecule has 27 heavy (non-hydrogen) atoms. The third-order valence-corrected chi connectivity index (χ3v) is 4.39. The summed E-state index contributed by atoms with van der Waals surface area (Å²) in [6, 6.07) is 7.43. The Balaban J connectivity index is 2.31. The maximum Gasteiger partial charge on any atom is 0.359 e. The molecule has 1 aliphatic rings. The molecule has 0 saturated carbocycles. The van der Waals surface area contributed by atoms with E-state index in [9.17, 15) is 9.59 Å². The van der Waals surface area contributed by atoms with E-state index in [0.717, 1.165) is 5.56 Å². The van der Waals surface area contributed by atoms with Crippen LogP contribution in [0.5, 0.6) is 0 Å². The van der Waals surface area contributed by atoms with Crippen molar-refractivity contribution >= 4 is 34.9 Å². The predicted molar refractivity (Wildman–Crippen MR) is 104 cm³/mol. The number of amides is 1. The summed E-state index contributed by atoms with van der Waals surface area (Å²) in [5.41, 5.74) is 2.66. The van der Waals surface area contributed by atoms with Gasteiger partial charge in [-0.25, -0.2) is 14.5 Å². The van der Waals surface area contributed by atoms with E-state index in [4.69, 9.17) is 17.0 Å². The third-order valence-electron chi connectivity index (χ3n) is 4.02. The molecule has 0 radical (unpaired) electrons. The molecule has 0 aliphatic carbocycles. The van der Waals surface area contributed by atoms with Crippen molar-refractivity contribution in [3.05, 3.63) is 46.8 Å². The lowest BCUT2D eigenvalue weighted by Gasteiger charge is -2.20. The molecule has 0 fully saturated rings. The molecule has 1 aromatic carbocycles. The molecule has 9 heteroatoms. The molecule has 1 N–H and O–H groups in total. The van der Waals surface area contributed by atoms with Crippen LogP contribution in [0.3, 0.4) is 0 Å². The summed E-state index contributed by atoms with van der Waals surface area (Å²) in [4.78, 5) is 25.4. The first-order valence-corrected chi connectivity index (χ1v) is 8.76. The van der Waals surface area contributed by atoms with Crippen molar-refractivity contribution in [2.75, 3.05) is 13.7 Å². The minimum absolute atomic E-state index is 0.0324. The van der Waals surface area contributed by atoms with Crippen LogP contribution in [0.2, 0.25) is 0 Å². The second-order valence-electron chi connectivity index (χ2n) is 6.01. The highest BCUT2D eigenvalue weighted by Gasteiger charge is 2.32. The minimum atomic E-state index is -0.618. The maximum absolute atomic E-state index is 12.9. The number of nitrogens with one attached hydrogen (secondary N) is 1. The lowest BCUT2D eigenvalue weighted by atomic mass is 10.1. The monoisotopic (exact) mass is 385 g/mol. The maximum atomic E-state index is 12.9. The van der Waals surface area contributed by atoms with Crippen molar-refractivity contribution in [3.8, 4) is 5.69 Å². The summed E-state index contributed by atoms with van der Waals surface area (Å²) in [6.45, 7) is 5.55. The minimum Gasteiger partial charge on any atom is -0.461 e. The molecule has 8 nitrogen and oxygen atoms in total. The zero-order valence-corrected chi connectivity index (χ0v) is 16.3. The van der Waals surface area contributed by atoms with Crippen LogP contribution in [-0.2, 0) is 4.74 Å². The fourth-order valence-corrected chi connectivity index (χ4v) is 2.88. The number of benzene rings is 1. The summed E-state index contributed by atoms with van der Waals surface area (Å²) in [5, 5.41) is 12.9. The van der Waals surface area contributed by atoms with Gasteiger partial charge < -0.3 is 4.74 Å². The van der Waals surface area contributed by atoms with Gasteiger partial charge in [-0.2, -0.15) is 10.2 Å². The Labute approximate surface area is 161 Å². The fourth-order valence-electron chi connectivity index (χ4n) is 2.74. The first-order chi connectivity index (χ1) is 12.8. The van der Waals surface area contributed by atoms with Crippen LogP contribution in [-0.4, -0.2) is 51.1 Å². The highest BCUT2D eigenvalue weighted by molar-refractivity contribution is 7.80. The molecule has 140 valence electrons. The number of esters is 1. The molecule has 0 spiro atoms. The van der Waals surface area contributed by atoms with Gasteiger partial charge in [-0.05, 0) is 45.1 Å². The quantitative estimate of drug-likeness (QED) is 0.643. The van der Waals surface area contributed by atoms with E-state index >= 15 is 0 Å². The van der Waals surface area contributed by atoms with Crippen molar-refractivity contribution in [2.45, 2.75) is 20.8 Å². The lowest BCUT2D eigenvalue weighted by molar-refractivity contribution is 0.0518. The number of hydrazone groups is 1. The molecular weight excluding hydrogens is 366 g/mol. The van der Waals surface area contributed by atoms with Gasteiger partial charge >= 0.3 is 5.97 Å². The molecular formula is C18H19N5O3S. The van der Waals surface area contributed by atoms with Crippen LogP contribution in [0.15, 0.2) is 29.4 Å². The average molecular weight is 385 g/mol. The van der Waals surface area contributed by atoms with Crippen molar-refractivity contribution in [3.63, 3.8) is 0 Å². The smallest absolute Gasteiger partial charge is 0.359 e. The van der Waals surface area contributed by atoms with Crippen LogP contribution < -0.4 is 5.32 Å². The standard InChI is InChI=1S/C18H19N5O3S/c1-5-26-17(25)14-13-11(3)20-22(4)18(27)19-16(24)15(13)23(21-14)12-8-6-10(2)7-9-12/h6-9H,5H2,1-4H3,(H,19,24,27). The Hall–Kier alpha value is -3.07. The lowest BCUT2D eigenvalue weighted by Crippen LogP contribution is -2.41. The largest absolute Gasteiger partial charge is 0.461 e. The van der Waals surface area contributed by atoms with Crippen LogP contribution in [0.4, 0.5) is 0 Å². The van der Waals surface area contributed by atoms with Gasteiger partial charge in [0.15, 0.2) is 10.8 Å². The molecule has 1 amide bonds. The van der Waals surface area contributed by atoms with Crippen LogP contribution in [0.1, 0.15) is 46.0 Å². The molecule has 3 rings (SSSR count). The van der Waals surface area contributed by atoms with Gasteiger partial charge in [0.1, 0.15) is 5.69 Å². The van der Waals surface area contributed by atoms with E-state index in [2.05, 4.69) is 15.5 Å². The van der Waals surface area contributed by atoms with Crippen LogP contribution >= 0.6 is 12.2 Å². The molecule has 1 aromatic heterocycles. The summed E-state index contributed by atoms with van der Waals surface area (Å²) >= 11 is 5.18. The van der Waals surface area contributed by atoms with Gasteiger partial charge in [-0.15, -0.1) is 0 Å². The van der Waals surface area contributed by atoms with E-state index < -0.39 is 11.9 Å². The Bertz CT molecular complexity index is 962. The first kappa shape index (κ1) is 18.7. The van der Waals surface area contributed by atoms with E-state index in [-0.39, 0.29) is 23.1 Å². The summed E-state index contributed by atoms with van der Waals surface area (Å²) in [7, 11) is 1.62. The fraction of sp³-hybridized carbons (Fsp3) is 0.278. The summed E-state index contributed by atoms with van der Waals surface area (Å²) in [5.74, 6) is -1.09. The van der Waals surface area contributed by atoms with E-state index in [1.807, 2.05) is 31.2 Å².